The van der Waals surface area contributed by atoms with Crippen molar-refractivity contribution >= 4 is 0 Å². The standard InChI is InChI=1S/C12H15F2NO2.CH4/c13-12(14)17-11-4-2-1-3-10(11)16-9-5-7-15-8-6-9;/h1-4,9,12,15H,5-8H2;1H4. The highest BCUT2D eigenvalue weighted by Gasteiger charge is 2.17. The smallest absolute Gasteiger partial charge is 0.387 e. The van der Waals surface area contributed by atoms with E-state index in [0.29, 0.717) is 5.75 Å². The summed E-state index contributed by atoms with van der Waals surface area (Å²) in [5, 5.41) is 3.22. The Kier molecular flexibility index (Phi) is 5.85. The molecule has 1 aromatic rings. The first-order valence-corrected chi connectivity index (χ1v) is 5.67. The molecule has 5 heteroatoms. The Morgan fingerprint density at radius 3 is 2.33 bits per heavy atom. The Morgan fingerprint density at radius 1 is 1.11 bits per heavy atom. The fraction of sp³-hybridized carbons (Fsp3) is 0.538. The molecule has 1 aromatic carbocycles. The summed E-state index contributed by atoms with van der Waals surface area (Å²) >= 11 is 0. The van der Waals surface area contributed by atoms with Gasteiger partial charge in [-0.15, -0.1) is 0 Å². The van der Waals surface area contributed by atoms with Crippen molar-refractivity contribution in [3.8, 4) is 11.5 Å². The maximum Gasteiger partial charge on any atom is 0.387 e. The molecule has 0 amide bonds. The molecule has 0 unspecified atom stereocenters. The van der Waals surface area contributed by atoms with Gasteiger partial charge in [0.25, 0.3) is 0 Å². The number of hydrogen-bond donors (Lipinski definition) is 1. The van der Waals surface area contributed by atoms with E-state index >= 15 is 0 Å². The van der Waals surface area contributed by atoms with Crippen LogP contribution < -0.4 is 14.8 Å². The highest BCUT2D eigenvalue weighted by Crippen LogP contribution is 2.29. The number of para-hydroxylation sites is 2. The summed E-state index contributed by atoms with van der Waals surface area (Å²) in [4.78, 5) is 0. The Morgan fingerprint density at radius 2 is 1.72 bits per heavy atom. The number of piperidine rings is 1. The summed E-state index contributed by atoms with van der Waals surface area (Å²) in [7, 11) is 0. The number of ether oxygens (including phenoxy) is 2. The fourth-order valence-corrected chi connectivity index (χ4v) is 1.83. The first kappa shape index (κ1) is 14.7. The lowest BCUT2D eigenvalue weighted by atomic mass is 10.1. The van der Waals surface area contributed by atoms with Gasteiger partial charge in [0.15, 0.2) is 11.5 Å². The largest absolute Gasteiger partial charge is 0.486 e. The molecule has 1 fully saturated rings. The van der Waals surface area contributed by atoms with Gasteiger partial charge in [-0.3, -0.25) is 0 Å². The second-order valence-corrected chi connectivity index (χ2v) is 3.89. The maximum absolute atomic E-state index is 12.2. The van der Waals surface area contributed by atoms with E-state index < -0.39 is 6.61 Å². The molecule has 3 nitrogen and oxygen atoms in total. The van der Waals surface area contributed by atoms with Gasteiger partial charge in [0.2, 0.25) is 0 Å². The van der Waals surface area contributed by atoms with Crippen LogP contribution in [0.25, 0.3) is 0 Å². The third-order valence-corrected chi connectivity index (χ3v) is 2.65. The Hall–Kier alpha value is -1.36. The summed E-state index contributed by atoms with van der Waals surface area (Å²) in [5.41, 5.74) is 0. The van der Waals surface area contributed by atoms with Crippen molar-refractivity contribution in [1.29, 1.82) is 0 Å². The normalized spacial score (nSPS) is 16.2. The van der Waals surface area contributed by atoms with Crippen LogP contribution in [0.3, 0.4) is 0 Å². The van der Waals surface area contributed by atoms with Crippen LogP contribution >= 0.6 is 0 Å². The van der Waals surface area contributed by atoms with E-state index in [9.17, 15) is 8.78 Å². The molecule has 0 spiro atoms. The van der Waals surface area contributed by atoms with E-state index in [1.54, 1.807) is 18.2 Å². The summed E-state index contributed by atoms with van der Waals surface area (Å²) in [6.07, 6.45) is 1.82. The molecule has 18 heavy (non-hydrogen) atoms. The van der Waals surface area contributed by atoms with Crippen LogP contribution in [0.1, 0.15) is 20.3 Å². The molecule has 0 radical (unpaired) electrons. The van der Waals surface area contributed by atoms with E-state index in [1.807, 2.05) is 0 Å². The Balaban J connectivity index is 0.00000162. The summed E-state index contributed by atoms with van der Waals surface area (Å²) in [6, 6.07) is 6.53. The van der Waals surface area contributed by atoms with Gasteiger partial charge < -0.3 is 14.8 Å². The average molecular weight is 259 g/mol. The third kappa shape index (κ3) is 4.14. The summed E-state index contributed by atoms with van der Waals surface area (Å²) < 4.78 is 34.5. The van der Waals surface area contributed by atoms with Gasteiger partial charge >= 0.3 is 6.61 Å². The van der Waals surface area contributed by atoms with Crippen LogP contribution in [0.5, 0.6) is 11.5 Å². The molecular formula is C13H19F2NO2. The second-order valence-electron chi connectivity index (χ2n) is 3.89. The predicted molar refractivity (Wildman–Crippen MR) is 66.3 cm³/mol. The lowest BCUT2D eigenvalue weighted by Gasteiger charge is -2.24. The van der Waals surface area contributed by atoms with E-state index in [2.05, 4.69) is 10.1 Å². The van der Waals surface area contributed by atoms with Crippen LogP contribution in [0.2, 0.25) is 0 Å². The topological polar surface area (TPSA) is 30.5 Å². The number of alkyl halides is 2. The first-order chi connectivity index (χ1) is 8.25. The molecule has 1 aliphatic rings. The molecule has 0 aliphatic carbocycles. The number of hydrogen-bond acceptors (Lipinski definition) is 3. The number of nitrogens with one attached hydrogen (secondary N) is 1. The predicted octanol–water partition coefficient (Wildman–Crippen LogP) is 3.05. The van der Waals surface area contributed by atoms with Crippen molar-refractivity contribution < 1.29 is 18.3 Å². The molecule has 0 atom stereocenters. The quantitative estimate of drug-likeness (QED) is 0.901. The molecule has 1 heterocycles. The number of halogens is 2. The average Bonchev–Trinajstić information content (AvgIpc) is 2.32. The van der Waals surface area contributed by atoms with Crippen LogP contribution in [0, 0.1) is 0 Å². The van der Waals surface area contributed by atoms with Crippen LogP contribution in [0.15, 0.2) is 24.3 Å². The lowest BCUT2D eigenvalue weighted by Crippen LogP contribution is -2.34. The van der Waals surface area contributed by atoms with Crippen molar-refractivity contribution in [2.24, 2.45) is 0 Å². The number of benzene rings is 1. The van der Waals surface area contributed by atoms with E-state index in [0.717, 1.165) is 25.9 Å². The minimum atomic E-state index is -2.83. The molecule has 0 saturated carbocycles. The Labute approximate surface area is 106 Å². The summed E-state index contributed by atoms with van der Waals surface area (Å²) in [6.45, 7) is -1.04. The van der Waals surface area contributed by atoms with Gasteiger partial charge in [0.1, 0.15) is 6.10 Å². The van der Waals surface area contributed by atoms with Gasteiger partial charge in [0, 0.05) is 0 Å². The number of rotatable bonds is 4. The molecule has 2 rings (SSSR count). The molecular weight excluding hydrogens is 240 g/mol. The molecule has 0 bridgehead atoms. The molecule has 1 N–H and O–H groups in total. The van der Waals surface area contributed by atoms with E-state index in [-0.39, 0.29) is 19.3 Å². The van der Waals surface area contributed by atoms with Gasteiger partial charge in [0.05, 0.1) is 0 Å². The highest BCUT2D eigenvalue weighted by molar-refractivity contribution is 5.39. The first-order valence-electron chi connectivity index (χ1n) is 5.67. The maximum atomic E-state index is 12.2. The summed E-state index contributed by atoms with van der Waals surface area (Å²) in [5.74, 6) is 0.487. The van der Waals surface area contributed by atoms with Crippen molar-refractivity contribution in [1.82, 2.24) is 5.32 Å². The zero-order valence-electron chi connectivity index (χ0n) is 9.36. The zero-order valence-corrected chi connectivity index (χ0v) is 9.36. The van der Waals surface area contributed by atoms with Crippen molar-refractivity contribution in [2.45, 2.75) is 33.0 Å². The fourth-order valence-electron chi connectivity index (χ4n) is 1.83. The molecule has 102 valence electrons. The third-order valence-electron chi connectivity index (χ3n) is 2.65. The molecule has 1 saturated heterocycles. The van der Waals surface area contributed by atoms with E-state index in [4.69, 9.17) is 4.74 Å². The minimum Gasteiger partial charge on any atom is -0.486 e. The van der Waals surface area contributed by atoms with E-state index in [1.165, 1.54) is 6.07 Å². The second kappa shape index (κ2) is 7.16. The Bertz CT molecular complexity index is 355. The van der Waals surface area contributed by atoms with Crippen LogP contribution in [-0.2, 0) is 0 Å². The minimum absolute atomic E-state index is 0. The monoisotopic (exact) mass is 259 g/mol. The lowest BCUT2D eigenvalue weighted by molar-refractivity contribution is -0.0522. The molecule has 1 aliphatic heterocycles. The zero-order chi connectivity index (χ0) is 12.1. The van der Waals surface area contributed by atoms with Crippen molar-refractivity contribution in [2.75, 3.05) is 13.1 Å². The van der Waals surface area contributed by atoms with Crippen molar-refractivity contribution in [3.63, 3.8) is 0 Å². The van der Waals surface area contributed by atoms with Gasteiger partial charge in [-0.2, -0.15) is 8.78 Å². The van der Waals surface area contributed by atoms with Gasteiger partial charge in [-0.1, -0.05) is 19.6 Å². The van der Waals surface area contributed by atoms with Crippen molar-refractivity contribution in [3.05, 3.63) is 24.3 Å². The van der Waals surface area contributed by atoms with Crippen LogP contribution in [-0.4, -0.2) is 25.8 Å². The van der Waals surface area contributed by atoms with Gasteiger partial charge in [-0.25, -0.2) is 0 Å². The van der Waals surface area contributed by atoms with Crippen LogP contribution in [0.4, 0.5) is 8.78 Å². The van der Waals surface area contributed by atoms with Gasteiger partial charge in [-0.05, 0) is 38.1 Å². The molecule has 0 aromatic heterocycles. The SMILES string of the molecule is C.FC(F)Oc1ccccc1OC1CCNCC1. The highest BCUT2D eigenvalue weighted by atomic mass is 19.3.